The van der Waals surface area contributed by atoms with E-state index >= 15 is 4.39 Å². The molecule has 0 saturated carbocycles. The smallest absolute Gasteiger partial charge is 0.267 e. The molecule has 0 atom stereocenters. The van der Waals surface area contributed by atoms with Crippen LogP contribution in [0.3, 0.4) is 0 Å². The third-order valence-electron chi connectivity index (χ3n) is 6.70. The van der Waals surface area contributed by atoms with Gasteiger partial charge in [-0.15, -0.1) is 0 Å². The summed E-state index contributed by atoms with van der Waals surface area (Å²) in [5, 5.41) is 0.494. The van der Waals surface area contributed by atoms with E-state index in [2.05, 4.69) is 24.8 Å². The fraction of sp³-hybridized carbons (Fsp3) is 0.241. The number of halogens is 1. The highest BCUT2D eigenvalue weighted by Crippen LogP contribution is 2.41. The number of fused-ring (bicyclic) bond motifs is 1. The Kier molecular flexibility index (Phi) is 6.45. The minimum absolute atomic E-state index is 0.222. The zero-order chi connectivity index (χ0) is 26.3. The van der Waals surface area contributed by atoms with Gasteiger partial charge >= 0.3 is 0 Å². The summed E-state index contributed by atoms with van der Waals surface area (Å²) in [5.74, 6) is 0.712. The molecule has 2 aromatic carbocycles. The van der Waals surface area contributed by atoms with Gasteiger partial charge in [0.1, 0.15) is 17.3 Å². The Bertz CT molecular complexity index is 1440. The normalized spacial score (nSPS) is 19.0. The highest BCUT2D eigenvalue weighted by Gasteiger charge is 2.35. The maximum atomic E-state index is 15.3. The van der Waals surface area contributed by atoms with Gasteiger partial charge in [-0.1, -0.05) is 6.08 Å². The van der Waals surface area contributed by atoms with Gasteiger partial charge in [0.25, 0.3) is 5.91 Å². The van der Waals surface area contributed by atoms with E-state index in [0.717, 1.165) is 16.8 Å². The molecule has 0 unspecified atom stereocenters. The molecule has 0 radical (unpaired) electrons. The van der Waals surface area contributed by atoms with E-state index in [1.165, 1.54) is 11.8 Å². The second kappa shape index (κ2) is 9.59. The number of rotatable bonds is 5. The molecule has 3 heterocycles. The number of allylic oxidation sites excluding steroid dienone is 1. The van der Waals surface area contributed by atoms with Crippen LogP contribution in [0.5, 0.6) is 5.75 Å². The van der Waals surface area contributed by atoms with Gasteiger partial charge < -0.3 is 14.1 Å². The molecule has 5 rings (SSSR count). The molecule has 1 amide bonds. The monoisotopic (exact) mass is 517 g/mol. The zero-order valence-electron chi connectivity index (χ0n) is 21.4. The van der Waals surface area contributed by atoms with E-state index in [0.29, 0.717) is 32.8 Å². The van der Waals surface area contributed by atoms with Crippen LogP contribution in [0.4, 0.5) is 15.8 Å². The molecule has 37 heavy (non-hydrogen) atoms. The number of furan rings is 1. The molecule has 6 nitrogen and oxygen atoms in total. The number of aliphatic imine (C=N–C) groups is 1. The van der Waals surface area contributed by atoms with E-state index in [1.807, 2.05) is 44.3 Å². The summed E-state index contributed by atoms with van der Waals surface area (Å²) >= 11 is 1.22. The number of likely N-dealkylation sites (N-methyl/N-ethyl adjacent to an activating group) is 1. The number of carbonyl (C=O) groups excluding carboxylic acids is 1. The number of thioether (sulfide) groups is 1. The van der Waals surface area contributed by atoms with Gasteiger partial charge in [0.2, 0.25) is 0 Å². The fourth-order valence-electron chi connectivity index (χ4n) is 4.50. The number of amidine groups is 1. The van der Waals surface area contributed by atoms with Gasteiger partial charge in [-0.05, 0) is 92.7 Å². The van der Waals surface area contributed by atoms with Gasteiger partial charge in [0.05, 0.1) is 36.0 Å². The van der Waals surface area contributed by atoms with Crippen LogP contribution in [0.2, 0.25) is 0 Å². The molecule has 0 aliphatic carbocycles. The minimum Gasteiger partial charge on any atom is -0.497 e. The Labute approximate surface area is 220 Å². The first-order chi connectivity index (χ1) is 17.7. The molecular weight excluding hydrogens is 489 g/mol. The summed E-state index contributed by atoms with van der Waals surface area (Å²) in [6, 6.07) is 14.2. The van der Waals surface area contributed by atoms with Crippen LogP contribution in [0.15, 0.2) is 75.2 Å². The van der Waals surface area contributed by atoms with Crippen molar-refractivity contribution in [1.82, 2.24) is 4.90 Å². The van der Waals surface area contributed by atoms with Crippen LogP contribution < -0.4 is 9.64 Å². The summed E-state index contributed by atoms with van der Waals surface area (Å²) in [6.07, 6.45) is 5.35. The van der Waals surface area contributed by atoms with Gasteiger partial charge in [-0.25, -0.2) is 9.38 Å². The van der Waals surface area contributed by atoms with Crippen LogP contribution >= 0.6 is 11.8 Å². The number of carbonyl (C=O) groups is 1. The predicted octanol–water partition coefficient (Wildman–Crippen LogP) is 6.86. The number of anilines is 1. The molecule has 0 N–H and O–H groups in total. The van der Waals surface area contributed by atoms with E-state index in [-0.39, 0.29) is 23.8 Å². The molecule has 1 aromatic heterocycles. The summed E-state index contributed by atoms with van der Waals surface area (Å²) in [6.45, 7) is 6.44. The van der Waals surface area contributed by atoms with Gasteiger partial charge in [0, 0.05) is 23.9 Å². The Balaban J connectivity index is 1.53. The molecular formula is C29H28FN3O3S. The van der Waals surface area contributed by atoms with Gasteiger partial charge in [0.15, 0.2) is 5.17 Å². The molecule has 2 aliphatic heterocycles. The summed E-state index contributed by atoms with van der Waals surface area (Å²) in [7, 11) is 3.56. The van der Waals surface area contributed by atoms with E-state index in [4.69, 9.17) is 14.1 Å². The van der Waals surface area contributed by atoms with Crippen molar-refractivity contribution in [2.24, 2.45) is 4.99 Å². The van der Waals surface area contributed by atoms with Crippen LogP contribution in [-0.2, 0) is 11.3 Å². The average molecular weight is 518 g/mol. The lowest BCUT2D eigenvalue weighted by atomic mass is 9.88. The second-order valence-corrected chi connectivity index (χ2v) is 10.6. The second-order valence-electron chi connectivity index (χ2n) is 9.60. The number of hydrogen-bond acceptors (Lipinski definition) is 6. The number of amides is 1. The van der Waals surface area contributed by atoms with E-state index in [9.17, 15) is 4.79 Å². The van der Waals surface area contributed by atoms with Crippen molar-refractivity contribution in [3.05, 3.63) is 88.5 Å². The summed E-state index contributed by atoms with van der Waals surface area (Å²) < 4.78 is 26.1. The molecule has 190 valence electrons. The lowest BCUT2D eigenvalue weighted by molar-refractivity contribution is -0.122. The van der Waals surface area contributed by atoms with Crippen molar-refractivity contribution < 1.29 is 18.3 Å². The minimum atomic E-state index is -0.380. The van der Waals surface area contributed by atoms with Crippen LogP contribution in [0.25, 0.3) is 11.6 Å². The highest BCUT2D eigenvalue weighted by molar-refractivity contribution is 8.18. The number of methoxy groups -OCH3 is 1. The van der Waals surface area contributed by atoms with Crippen molar-refractivity contribution >= 4 is 45.9 Å². The molecule has 0 bridgehead atoms. The van der Waals surface area contributed by atoms with E-state index in [1.54, 1.807) is 42.5 Å². The average Bonchev–Trinajstić information content (AvgIpc) is 3.48. The van der Waals surface area contributed by atoms with Crippen LogP contribution in [-0.4, -0.2) is 35.7 Å². The molecule has 0 spiro atoms. The van der Waals surface area contributed by atoms with Crippen molar-refractivity contribution in [3.63, 3.8) is 0 Å². The SMILES string of the molecule is COc1ccc(N=C2S/C(=C/c3cc4c(cc3F)N(C)C(C)(C)C=C4C)C(=O)N2Cc2ccco2)cc1. The Morgan fingerprint density at radius 1 is 1.19 bits per heavy atom. The lowest BCUT2D eigenvalue weighted by Crippen LogP contribution is -2.42. The first kappa shape index (κ1) is 24.9. The molecule has 3 aromatic rings. The van der Waals surface area contributed by atoms with Crippen molar-refractivity contribution in [1.29, 1.82) is 0 Å². The Hall–Kier alpha value is -3.78. The van der Waals surface area contributed by atoms with E-state index < -0.39 is 0 Å². The van der Waals surface area contributed by atoms with Crippen LogP contribution in [0.1, 0.15) is 37.7 Å². The molecule has 1 saturated heterocycles. The first-order valence-corrected chi connectivity index (χ1v) is 12.7. The third kappa shape index (κ3) is 4.81. The van der Waals surface area contributed by atoms with Gasteiger partial charge in [-0.2, -0.15) is 0 Å². The molecule has 8 heteroatoms. The molecule has 1 fully saturated rings. The lowest BCUT2D eigenvalue weighted by Gasteiger charge is -2.40. The Morgan fingerprint density at radius 3 is 2.62 bits per heavy atom. The number of hydrogen-bond donors (Lipinski definition) is 0. The predicted molar refractivity (Wildman–Crippen MR) is 147 cm³/mol. The maximum absolute atomic E-state index is 15.3. The maximum Gasteiger partial charge on any atom is 0.267 e. The third-order valence-corrected chi connectivity index (χ3v) is 7.71. The number of nitrogens with zero attached hydrogens (tertiary/aromatic N) is 3. The fourth-order valence-corrected chi connectivity index (χ4v) is 5.48. The number of benzene rings is 2. The highest BCUT2D eigenvalue weighted by atomic mass is 32.2. The number of ether oxygens (including phenoxy) is 1. The summed E-state index contributed by atoms with van der Waals surface area (Å²) in [5.41, 5.74) is 3.66. The Morgan fingerprint density at radius 2 is 1.95 bits per heavy atom. The summed E-state index contributed by atoms with van der Waals surface area (Å²) in [4.78, 5) is 22.2. The topological polar surface area (TPSA) is 58.3 Å². The first-order valence-electron chi connectivity index (χ1n) is 11.9. The van der Waals surface area contributed by atoms with Crippen molar-refractivity contribution in [3.8, 4) is 5.75 Å². The standard InChI is InChI=1S/C29H28FN3O3S/c1-18-16-29(2,3)32(4)25-15-24(30)19(13-23(18)25)14-26-27(34)33(17-22-7-6-12-36-22)28(37-26)31-20-8-10-21(35-5)11-9-20/h6-16H,17H2,1-5H3/b26-14+,31-28?. The molecule has 2 aliphatic rings. The largest absolute Gasteiger partial charge is 0.497 e. The quantitative estimate of drug-likeness (QED) is 0.346. The van der Waals surface area contributed by atoms with Crippen molar-refractivity contribution in [2.45, 2.75) is 32.9 Å². The van der Waals surface area contributed by atoms with Crippen molar-refractivity contribution in [2.75, 3.05) is 19.1 Å². The van der Waals surface area contributed by atoms with Gasteiger partial charge in [-0.3, -0.25) is 9.69 Å². The zero-order valence-corrected chi connectivity index (χ0v) is 22.2. The van der Waals surface area contributed by atoms with Crippen LogP contribution in [0, 0.1) is 5.82 Å².